The van der Waals surface area contributed by atoms with Gasteiger partial charge < -0.3 is 20.5 Å². The lowest BCUT2D eigenvalue weighted by Crippen LogP contribution is -2.42. The summed E-state index contributed by atoms with van der Waals surface area (Å²) in [5.74, 6) is -0.611. The van der Waals surface area contributed by atoms with Crippen molar-refractivity contribution in [3.05, 3.63) is 0 Å². The quantitative estimate of drug-likeness (QED) is 0.608. The summed E-state index contributed by atoms with van der Waals surface area (Å²) in [7, 11) is 3.11. The minimum Gasteiger partial charge on any atom is -0.393 e. The summed E-state index contributed by atoms with van der Waals surface area (Å²) in [6.07, 6.45) is -0.124. The standard InChI is InChI=1S/C10H20N2O3S/c1-4-8(9(11)16)10(14)12(2)5-7(13)6-15-3/h7-8,13H,4-6H2,1-3H3,(H2,11,16). The van der Waals surface area contributed by atoms with Crippen LogP contribution < -0.4 is 5.73 Å². The predicted molar refractivity (Wildman–Crippen MR) is 66.1 cm³/mol. The Balaban J connectivity index is 4.31. The number of aliphatic hydroxyl groups excluding tert-OH is 1. The summed E-state index contributed by atoms with van der Waals surface area (Å²) in [6, 6.07) is 0. The number of methoxy groups -OCH3 is 1. The minimum absolute atomic E-state index is 0.162. The van der Waals surface area contributed by atoms with Crippen molar-refractivity contribution < 1.29 is 14.6 Å². The highest BCUT2D eigenvalue weighted by molar-refractivity contribution is 7.80. The van der Waals surface area contributed by atoms with Gasteiger partial charge in [0, 0.05) is 20.7 Å². The highest BCUT2D eigenvalue weighted by atomic mass is 32.1. The van der Waals surface area contributed by atoms with Crippen molar-refractivity contribution in [2.75, 3.05) is 27.3 Å². The van der Waals surface area contributed by atoms with E-state index in [1.807, 2.05) is 6.92 Å². The molecule has 0 aromatic rings. The van der Waals surface area contributed by atoms with Crippen LogP contribution in [0.15, 0.2) is 0 Å². The van der Waals surface area contributed by atoms with Gasteiger partial charge in [-0.1, -0.05) is 19.1 Å². The van der Waals surface area contributed by atoms with Crippen LogP contribution in [0.1, 0.15) is 13.3 Å². The average Bonchev–Trinajstić information content (AvgIpc) is 2.18. The summed E-state index contributed by atoms with van der Waals surface area (Å²) in [5.41, 5.74) is 5.47. The Morgan fingerprint density at radius 1 is 1.62 bits per heavy atom. The van der Waals surface area contributed by atoms with Crippen LogP contribution in [0.2, 0.25) is 0 Å². The number of hydrogen-bond acceptors (Lipinski definition) is 4. The zero-order valence-electron chi connectivity index (χ0n) is 9.97. The molecule has 2 atom stereocenters. The maximum absolute atomic E-state index is 11.9. The van der Waals surface area contributed by atoms with Crippen molar-refractivity contribution >= 4 is 23.1 Å². The van der Waals surface area contributed by atoms with Gasteiger partial charge in [-0.25, -0.2) is 0 Å². The molecule has 0 spiro atoms. The molecule has 0 heterocycles. The number of nitrogens with two attached hydrogens (primary N) is 1. The van der Waals surface area contributed by atoms with E-state index in [0.29, 0.717) is 6.42 Å². The first-order chi connectivity index (χ1) is 7.43. The van der Waals surface area contributed by atoms with E-state index >= 15 is 0 Å². The number of thiocarbonyl (C=S) groups is 1. The molecule has 94 valence electrons. The number of ether oxygens (including phenoxy) is 1. The van der Waals surface area contributed by atoms with Crippen LogP contribution >= 0.6 is 12.2 Å². The van der Waals surface area contributed by atoms with Crippen LogP contribution in [0.3, 0.4) is 0 Å². The number of carbonyl (C=O) groups excluding carboxylic acids is 1. The van der Waals surface area contributed by atoms with E-state index in [-0.39, 0.29) is 24.0 Å². The van der Waals surface area contributed by atoms with Crippen molar-refractivity contribution in [1.29, 1.82) is 0 Å². The SMILES string of the molecule is CCC(C(=O)N(C)CC(O)COC)C(N)=S. The summed E-state index contributed by atoms with van der Waals surface area (Å²) in [6.45, 7) is 2.26. The molecular weight excluding hydrogens is 228 g/mol. The molecule has 5 nitrogen and oxygen atoms in total. The molecule has 0 rings (SSSR count). The number of nitrogens with zero attached hydrogens (tertiary/aromatic N) is 1. The van der Waals surface area contributed by atoms with Gasteiger partial charge in [0.1, 0.15) is 0 Å². The Labute approximate surface area is 102 Å². The van der Waals surface area contributed by atoms with Gasteiger partial charge >= 0.3 is 0 Å². The van der Waals surface area contributed by atoms with Crippen LogP contribution in [0.25, 0.3) is 0 Å². The van der Waals surface area contributed by atoms with Crippen molar-refractivity contribution in [3.8, 4) is 0 Å². The minimum atomic E-state index is -0.692. The van der Waals surface area contributed by atoms with E-state index < -0.39 is 12.0 Å². The number of likely N-dealkylation sites (N-methyl/N-ethyl adjacent to an activating group) is 1. The Morgan fingerprint density at radius 3 is 2.56 bits per heavy atom. The van der Waals surface area contributed by atoms with Gasteiger partial charge in [-0.2, -0.15) is 0 Å². The van der Waals surface area contributed by atoms with Gasteiger partial charge in [0.05, 0.1) is 23.6 Å². The van der Waals surface area contributed by atoms with E-state index in [4.69, 9.17) is 22.7 Å². The first-order valence-corrected chi connectivity index (χ1v) is 5.56. The average molecular weight is 248 g/mol. The molecule has 0 saturated carbocycles. The normalized spacial score (nSPS) is 14.2. The largest absolute Gasteiger partial charge is 0.393 e. The smallest absolute Gasteiger partial charge is 0.232 e. The number of hydrogen-bond donors (Lipinski definition) is 2. The van der Waals surface area contributed by atoms with Gasteiger partial charge in [0.15, 0.2) is 0 Å². The van der Waals surface area contributed by atoms with E-state index in [9.17, 15) is 9.90 Å². The zero-order chi connectivity index (χ0) is 12.7. The van der Waals surface area contributed by atoms with Gasteiger partial charge in [-0.3, -0.25) is 4.79 Å². The monoisotopic (exact) mass is 248 g/mol. The van der Waals surface area contributed by atoms with Gasteiger partial charge in [0.2, 0.25) is 5.91 Å². The molecule has 0 radical (unpaired) electrons. The topological polar surface area (TPSA) is 75.8 Å². The second-order valence-electron chi connectivity index (χ2n) is 3.69. The molecule has 0 aliphatic carbocycles. The molecule has 0 aliphatic heterocycles. The molecule has 0 aliphatic rings. The van der Waals surface area contributed by atoms with Crippen LogP contribution in [0.5, 0.6) is 0 Å². The van der Waals surface area contributed by atoms with E-state index in [1.54, 1.807) is 7.05 Å². The lowest BCUT2D eigenvalue weighted by atomic mass is 10.1. The Hall–Kier alpha value is -0.720. The maximum Gasteiger partial charge on any atom is 0.232 e. The van der Waals surface area contributed by atoms with Crippen molar-refractivity contribution in [1.82, 2.24) is 4.90 Å². The first-order valence-electron chi connectivity index (χ1n) is 5.15. The third-order valence-corrected chi connectivity index (χ3v) is 2.55. The third-order valence-electron chi connectivity index (χ3n) is 2.27. The maximum atomic E-state index is 11.9. The van der Waals surface area contributed by atoms with Crippen molar-refractivity contribution in [2.24, 2.45) is 11.7 Å². The molecule has 0 bridgehead atoms. The second-order valence-corrected chi connectivity index (χ2v) is 4.16. The Kier molecular flexibility index (Phi) is 7.20. The molecule has 0 aromatic heterocycles. The number of carbonyl (C=O) groups is 1. The number of amides is 1. The number of rotatable bonds is 7. The molecule has 0 aromatic carbocycles. The predicted octanol–water partition coefficient (Wildman–Crippen LogP) is -0.236. The van der Waals surface area contributed by atoms with E-state index in [1.165, 1.54) is 12.0 Å². The van der Waals surface area contributed by atoms with Gasteiger partial charge in [-0.05, 0) is 6.42 Å². The molecule has 16 heavy (non-hydrogen) atoms. The fourth-order valence-corrected chi connectivity index (χ4v) is 1.68. The molecule has 2 unspecified atom stereocenters. The van der Waals surface area contributed by atoms with Crippen LogP contribution in [-0.2, 0) is 9.53 Å². The van der Waals surface area contributed by atoms with Crippen LogP contribution in [-0.4, -0.2) is 54.3 Å². The highest BCUT2D eigenvalue weighted by Crippen LogP contribution is 2.07. The Bertz CT molecular complexity index is 248. The second kappa shape index (κ2) is 7.54. The van der Waals surface area contributed by atoms with Crippen molar-refractivity contribution in [3.63, 3.8) is 0 Å². The summed E-state index contributed by atoms with van der Waals surface area (Å²) in [4.78, 5) is 13.5. The number of aliphatic hydroxyl groups is 1. The fraction of sp³-hybridized carbons (Fsp3) is 0.800. The molecule has 0 fully saturated rings. The molecular formula is C10H20N2O3S. The lowest BCUT2D eigenvalue weighted by molar-refractivity contribution is -0.133. The lowest BCUT2D eigenvalue weighted by Gasteiger charge is -2.24. The summed E-state index contributed by atoms with van der Waals surface area (Å²) >= 11 is 4.82. The van der Waals surface area contributed by atoms with E-state index in [2.05, 4.69) is 0 Å². The summed E-state index contributed by atoms with van der Waals surface area (Å²) < 4.78 is 4.78. The first kappa shape index (κ1) is 15.3. The molecule has 1 amide bonds. The Morgan fingerprint density at radius 2 is 2.19 bits per heavy atom. The molecule has 0 saturated heterocycles. The summed E-state index contributed by atoms with van der Waals surface area (Å²) in [5, 5.41) is 9.48. The van der Waals surface area contributed by atoms with Gasteiger partial charge in [-0.15, -0.1) is 0 Å². The third kappa shape index (κ3) is 4.87. The van der Waals surface area contributed by atoms with E-state index in [0.717, 1.165) is 0 Å². The van der Waals surface area contributed by atoms with Crippen LogP contribution in [0, 0.1) is 5.92 Å². The fourth-order valence-electron chi connectivity index (χ4n) is 1.41. The van der Waals surface area contributed by atoms with Gasteiger partial charge in [0.25, 0.3) is 0 Å². The molecule has 3 N–H and O–H groups in total. The van der Waals surface area contributed by atoms with Crippen LogP contribution in [0.4, 0.5) is 0 Å². The highest BCUT2D eigenvalue weighted by Gasteiger charge is 2.24. The van der Waals surface area contributed by atoms with Crippen molar-refractivity contribution in [2.45, 2.75) is 19.4 Å². The zero-order valence-corrected chi connectivity index (χ0v) is 10.8. The molecule has 6 heteroatoms.